The molecule has 1 aliphatic rings. The van der Waals surface area contributed by atoms with Gasteiger partial charge in [-0.05, 0) is 11.1 Å². The van der Waals surface area contributed by atoms with Gasteiger partial charge in [0.2, 0.25) is 0 Å². The molecule has 1 aliphatic carbocycles. The molecule has 0 heterocycles. The molecule has 1 aromatic rings. The molecule has 0 bridgehead atoms. The van der Waals surface area contributed by atoms with Crippen molar-refractivity contribution < 1.29 is 13.2 Å². The van der Waals surface area contributed by atoms with Crippen molar-refractivity contribution >= 4 is 0 Å². The molecule has 0 fully saturated rings. The van der Waals surface area contributed by atoms with Gasteiger partial charge >= 0.3 is 0 Å². The van der Waals surface area contributed by atoms with Crippen LogP contribution in [-0.2, 0) is 12.8 Å². The normalized spacial score (nSPS) is 25.3. The maximum absolute atomic E-state index is 12.9. The summed E-state index contributed by atoms with van der Waals surface area (Å²) in [6.45, 7) is 0. The maximum Gasteiger partial charge on any atom is 0.282 e. The van der Waals surface area contributed by atoms with Crippen molar-refractivity contribution in [1.82, 2.24) is 0 Å². The molecule has 70 valence electrons. The molecule has 0 unspecified atom stereocenters. The zero-order valence-electron chi connectivity index (χ0n) is 6.93. The van der Waals surface area contributed by atoms with Gasteiger partial charge < -0.3 is 0 Å². The fourth-order valence-corrected chi connectivity index (χ4v) is 1.64. The summed E-state index contributed by atoms with van der Waals surface area (Å²) < 4.78 is 38.7. The summed E-state index contributed by atoms with van der Waals surface area (Å²) >= 11 is 0. The predicted octanol–water partition coefficient (Wildman–Crippen LogP) is 2.76. The van der Waals surface area contributed by atoms with Gasteiger partial charge in [0, 0.05) is 12.8 Å². The Bertz CT molecular complexity index is 320. The summed E-state index contributed by atoms with van der Waals surface area (Å²) in [6.07, 6.45) is -2.66. The lowest BCUT2D eigenvalue weighted by Crippen LogP contribution is -2.38. The first kappa shape index (κ1) is 8.60. The maximum atomic E-state index is 12.9. The lowest BCUT2D eigenvalue weighted by molar-refractivity contribution is -0.0766. The molecule has 0 N–H and O–H groups in total. The highest BCUT2D eigenvalue weighted by Crippen LogP contribution is 2.34. The molecule has 0 saturated carbocycles. The van der Waals surface area contributed by atoms with E-state index in [0.717, 1.165) is 0 Å². The third kappa shape index (κ3) is 1.43. The molecule has 0 amide bonds. The van der Waals surface area contributed by atoms with Crippen LogP contribution in [0.25, 0.3) is 0 Å². The first-order valence-electron chi connectivity index (χ1n) is 4.18. The molecule has 0 nitrogen and oxygen atoms in total. The van der Waals surface area contributed by atoms with E-state index in [0.29, 0.717) is 11.1 Å². The molecule has 3 heteroatoms. The van der Waals surface area contributed by atoms with Gasteiger partial charge in [-0.15, -0.1) is 0 Å². The Balaban J connectivity index is 2.39. The molecule has 13 heavy (non-hydrogen) atoms. The van der Waals surface area contributed by atoms with Crippen LogP contribution >= 0.6 is 0 Å². The molecule has 2 rings (SSSR count). The average molecular weight is 186 g/mol. The quantitative estimate of drug-likeness (QED) is 0.584. The van der Waals surface area contributed by atoms with Gasteiger partial charge in [0.25, 0.3) is 5.92 Å². The Hall–Kier alpha value is -0.990. The van der Waals surface area contributed by atoms with E-state index in [1.54, 1.807) is 24.3 Å². The Labute approximate surface area is 74.4 Å². The van der Waals surface area contributed by atoms with E-state index < -0.39 is 18.5 Å². The minimum Gasteiger partial charge on any atom is -0.240 e. The number of halogens is 3. The van der Waals surface area contributed by atoms with Crippen LogP contribution < -0.4 is 0 Å². The van der Waals surface area contributed by atoms with Crippen LogP contribution in [-0.4, -0.2) is 12.1 Å². The smallest absolute Gasteiger partial charge is 0.240 e. The lowest BCUT2D eigenvalue weighted by atomic mass is 9.88. The fourth-order valence-electron chi connectivity index (χ4n) is 1.64. The van der Waals surface area contributed by atoms with Crippen LogP contribution in [0.5, 0.6) is 0 Å². The number of rotatable bonds is 0. The standard InChI is InChI=1S/C10H9F3/c11-9-5-7-3-1-2-4-8(7)6-10(9,12)13/h1-4,9H,5-6H2/t9-/m0/s1. The van der Waals surface area contributed by atoms with Crippen molar-refractivity contribution in [1.29, 1.82) is 0 Å². The van der Waals surface area contributed by atoms with Crippen LogP contribution in [0.4, 0.5) is 13.2 Å². The zero-order valence-corrected chi connectivity index (χ0v) is 6.93. The van der Waals surface area contributed by atoms with Crippen molar-refractivity contribution in [2.24, 2.45) is 0 Å². The highest BCUT2D eigenvalue weighted by atomic mass is 19.3. The van der Waals surface area contributed by atoms with E-state index in [9.17, 15) is 13.2 Å². The van der Waals surface area contributed by atoms with Gasteiger partial charge in [-0.1, -0.05) is 24.3 Å². The summed E-state index contributed by atoms with van der Waals surface area (Å²) in [4.78, 5) is 0. The summed E-state index contributed by atoms with van der Waals surface area (Å²) in [6, 6.07) is 6.79. The van der Waals surface area contributed by atoms with Crippen molar-refractivity contribution in [2.45, 2.75) is 24.9 Å². The minimum absolute atomic E-state index is 0.164. The van der Waals surface area contributed by atoms with Crippen LogP contribution in [0.1, 0.15) is 11.1 Å². The third-order valence-electron chi connectivity index (χ3n) is 2.40. The Morgan fingerprint density at radius 1 is 1.15 bits per heavy atom. The topological polar surface area (TPSA) is 0 Å². The largest absolute Gasteiger partial charge is 0.282 e. The zero-order chi connectivity index (χ0) is 9.47. The van der Waals surface area contributed by atoms with Crippen LogP contribution in [0, 0.1) is 0 Å². The molecular formula is C10H9F3. The Morgan fingerprint density at radius 2 is 1.77 bits per heavy atom. The van der Waals surface area contributed by atoms with Crippen LogP contribution in [0.15, 0.2) is 24.3 Å². The average Bonchev–Trinajstić information content (AvgIpc) is 2.06. The van der Waals surface area contributed by atoms with Gasteiger partial charge in [-0.2, -0.15) is 0 Å². The van der Waals surface area contributed by atoms with E-state index in [-0.39, 0.29) is 6.42 Å². The molecule has 1 aromatic carbocycles. The Morgan fingerprint density at radius 3 is 2.46 bits per heavy atom. The predicted molar refractivity (Wildman–Crippen MR) is 43.7 cm³/mol. The molecule has 0 aromatic heterocycles. The molecule has 0 aliphatic heterocycles. The van der Waals surface area contributed by atoms with Crippen molar-refractivity contribution in [3.63, 3.8) is 0 Å². The first-order valence-corrected chi connectivity index (χ1v) is 4.18. The van der Waals surface area contributed by atoms with Gasteiger partial charge in [0.1, 0.15) is 0 Å². The summed E-state index contributed by atoms with van der Waals surface area (Å²) in [5.41, 5.74) is 1.28. The highest BCUT2D eigenvalue weighted by Gasteiger charge is 2.43. The highest BCUT2D eigenvalue weighted by molar-refractivity contribution is 5.32. The van der Waals surface area contributed by atoms with Gasteiger partial charge in [-0.25, -0.2) is 13.2 Å². The second-order valence-corrected chi connectivity index (χ2v) is 3.38. The summed E-state index contributed by atoms with van der Waals surface area (Å²) in [5, 5.41) is 0. The third-order valence-corrected chi connectivity index (χ3v) is 2.40. The van der Waals surface area contributed by atoms with Gasteiger partial charge in [-0.3, -0.25) is 0 Å². The molecular weight excluding hydrogens is 177 g/mol. The number of hydrogen-bond acceptors (Lipinski definition) is 0. The van der Waals surface area contributed by atoms with E-state index >= 15 is 0 Å². The van der Waals surface area contributed by atoms with E-state index in [1.165, 1.54) is 0 Å². The number of fused-ring (bicyclic) bond motifs is 1. The Kier molecular flexibility index (Phi) is 1.82. The van der Waals surface area contributed by atoms with E-state index in [4.69, 9.17) is 0 Å². The second-order valence-electron chi connectivity index (χ2n) is 3.38. The van der Waals surface area contributed by atoms with E-state index in [2.05, 4.69) is 0 Å². The summed E-state index contributed by atoms with van der Waals surface area (Å²) in [5.74, 6) is -3.19. The summed E-state index contributed by atoms with van der Waals surface area (Å²) in [7, 11) is 0. The monoisotopic (exact) mass is 186 g/mol. The number of benzene rings is 1. The lowest BCUT2D eigenvalue weighted by Gasteiger charge is -2.27. The number of alkyl halides is 3. The number of hydrogen-bond donors (Lipinski definition) is 0. The minimum atomic E-state index is -3.19. The van der Waals surface area contributed by atoms with Gasteiger partial charge in [0.05, 0.1) is 0 Å². The van der Waals surface area contributed by atoms with E-state index in [1.807, 2.05) is 0 Å². The van der Waals surface area contributed by atoms with Crippen molar-refractivity contribution in [3.8, 4) is 0 Å². The molecule has 0 spiro atoms. The van der Waals surface area contributed by atoms with Gasteiger partial charge in [0.15, 0.2) is 6.17 Å². The SMILES string of the molecule is F[C@H]1Cc2ccccc2CC1(F)F. The molecule has 1 atom stereocenters. The van der Waals surface area contributed by atoms with Crippen LogP contribution in [0.3, 0.4) is 0 Å². The van der Waals surface area contributed by atoms with Crippen LogP contribution in [0.2, 0.25) is 0 Å². The first-order chi connectivity index (χ1) is 6.09. The molecule has 0 radical (unpaired) electrons. The molecule has 0 saturated heterocycles. The van der Waals surface area contributed by atoms with Crippen molar-refractivity contribution in [3.05, 3.63) is 35.4 Å². The van der Waals surface area contributed by atoms with Crippen molar-refractivity contribution in [2.75, 3.05) is 0 Å². The fraction of sp³-hybridized carbons (Fsp3) is 0.400. The second kappa shape index (κ2) is 2.76.